The molecule has 4 heteroatoms. The zero-order chi connectivity index (χ0) is 10.1. The minimum absolute atomic E-state index is 0.0358. The Morgan fingerprint density at radius 3 is 2.71 bits per heavy atom. The maximum absolute atomic E-state index is 9.50. The van der Waals surface area contributed by atoms with Crippen LogP contribution >= 0.6 is 11.3 Å². The van der Waals surface area contributed by atoms with Crippen LogP contribution < -0.4 is 0 Å². The third-order valence-electron chi connectivity index (χ3n) is 1.96. The summed E-state index contributed by atoms with van der Waals surface area (Å²) in [5, 5.41) is 28.7. The molecule has 0 aliphatic heterocycles. The van der Waals surface area contributed by atoms with E-state index in [1.54, 1.807) is 6.07 Å². The van der Waals surface area contributed by atoms with Gasteiger partial charge < -0.3 is 5.11 Å². The number of fused-ring (bicyclic) bond motifs is 1. The number of thiophene rings is 1. The molecule has 1 aromatic rings. The van der Waals surface area contributed by atoms with E-state index in [4.69, 9.17) is 10.5 Å². The molecule has 0 radical (unpaired) electrons. The number of allylic oxidation sites excluding steroid dienone is 3. The van der Waals surface area contributed by atoms with Crippen LogP contribution in [-0.2, 0) is 0 Å². The summed E-state index contributed by atoms with van der Waals surface area (Å²) in [6, 6.07) is 5.42. The van der Waals surface area contributed by atoms with E-state index in [1.807, 2.05) is 17.5 Å². The van der Waals surface area contributed by atoms with E-state index >= 15 is 0 Å². The molecule has 0 fully saturated rings. The molecule has 1 aliphatic carbocycles. The average molecular weight is 200 g/mol. The molecule has 0 atom stereocenters. The number of rotatable bonds is 0. The molecule has 0 aromatic carbocycles. The second-order valence-electron chi connectivity index (χ2n) is 2.71. The van der Waals surface area contributed by atoms with Crippen LogP contribution in [0.15, 0.2) is 23.1 Å². The van der Waals surface area contributed by atoms with Crippen molar-refractivity contribution in [3.05, 3.63) is 33.5 Å². The molecule has 66 valence electrons. The Morgan fingerprint density at radius 1 is 1.36 bits per heavy atom. The first-order chi connectivity index (χ1) is 6.77. The lowest BCUT2D eigenvalue weighted by molar-refractivity contribution is 0.515. The number of nitriles is 2. The minimum atomic E-state index is 0.0358. The average Bonchev–Trinajstić information content (AvgIpc) is 2.74. The van der Waals surface area contributed by atoms with E-state index in [2.05, 4.69) is 0 Å². The predicted molar refractivity (Wildman–Crippen MR) is 53.1 cm³/mol. The lowest BCUT2D eigenvalue weighted by Crippen LogP contribution is -1.80. The van der Waals surface area contributed by atoms with Crippen molar-refractivity contribution in [1.29, 1.82) is 10.5 Å². The van der Waals surface area contributed by atoms with Crippen molar-refractivity contribution in [1.82, 2.24) is 0 Å². The summed E-state index contributed by atoms with van der Waals surface area (Å²) in [5.41, 5.74) is 1.32. The van der Waals surface area contributed by atoms with Gasteiger partial charge in [0.1, 0.15) is 23.5 Å². The van der Waals surface area contributed by atoms with Crippen LogP contribution in [0.5, 0.6) is 0 Å². The van der Waals surface area contributed by atoms with Gasteiger partial charge in [0.15, 0.2) is 0 Å². The molecule has 0 spiro atoms. The lowest BCUT2D eigenvalue weighted by atomic mass is 10.1. The van der Waals surface area contributed by atoms with Crippen LogP contribution in [0.3, 0.4) is 0 Å². The van der Waals surface area contributed by atoms with Crippen molar-refractivity contribution in [3.63, 3.8) is 0 Å². The molecular weight excluding hydrogens is 196 g/mol. The Balaban J connectivity index is 2.72. The highest BCUT2D eigenvalue weighted by Gasteiger charge is 2.21. The fraction of sp³-hybridized carbons (Fsp3) is 0. The SMILES string of the molecule is N#CC(C#N)=C1C=C(O)c2sccc21. The molecule has 0 amide bonds. The Bertz CT molecular complexity index is 521. The van der Waals surface area contributed by atoms with E-state index in [0.29, 0.717) is 5.57 Å². The number of aliphatic hydroxyl groups excluding tert-OH is 1. The summed E-state index contributed by atoms with van der Waals surface area (Å²) >= 11 is 1.39. The number of hydrogen-bond donors (Lipinski definition) is 1. The van der Waals surface area contributed by atoms with Gasteiger partial charge in [0, 0.05) is 11.1 Å². The van der Waals surface area contributed by atoms with Gasteiger partial charge in [0.05, 0.1) is 4.88 Å². The first-order valence-corrected chi connectivity index (χ1v) is 4.69. The summed E-state index contributed by atoms with van der Waals surface area (Å²) in [4.78, 5) is 0.725. The summed E-state index contributed by atoms with van der Waals surface area (Å²) in [6.07, 6.45) is 1.46. The minimum Gasteiger partial charge on any atom is -0.506 e. The Labute approximate surface area is 84.5 Å². The molecule has 0 saturated carbocycles. The van der Waals surface area contributed by atoms with E-state index in [0.717, 1.165) is 10.4 Å². The van der Waals surface area contributed by atoms with Crippen LogP contribution in [0.4, 0.5) is 0 Å². The van der Waals surface area contributed by atoms with E-state index < -0.39 is 0 Å². The zero-order valence-electron chi connectivity index (χ0n) is 6.98. The molecule has 1 N–H and O–H groups in total. The monoisotopic (exact) mass is 200 g/mol. The Morgan fingerprint density at radius 2 is 2.07 bits per heavy atom. The maximum atomic E-state index is 9.50. The standard InChI is InChI=1S/C10H4N2OS/c11-4-6(5-12)8-3-9(13)10-7(8)1-2-14-10/h1-3,13H. The van der Waals surface area contributed by atoms with E-state index in [-0.39, 0.29) is 11.3 Å². The van der Waals surface area contributed by atoms with E-state index in [1.165, 1.54) is 17.4 Å². The van der Waals surface area contributed by atoms with Crippen molar-refractivity contribution in [2.24, 2.45) is 0 Å². The van der Waals surface area contributed by atoms with Crippen LogP contribution in [0.1, 0.15) is 10.4 Å². The third-order valence-corrected chi connectivity index (χ3v) is 2.90. The van der Waals surface area contributed by atoms with Gasteiger partial charge in [-0.1, -0.05) is 0 Å². The molecule has 0 unspecified atom stereocenters. The second-order valence-corrected chi connectivity index (χ2v) is 3.62. The molecule has 1 aliphatic rings. The number of aliphatic hydroxyl groups is 1. The third kappa shape index (κ3) is 1.02. The fourth-order valence-corrected chi connectivity index (χ4v) is 2.18. The van der Waals surface area contributed by atoms with Gasteiger partial charge >= 0.3 is 0 Å². The van der Waals surface area contributed by atoms with Crippen molar-refractivity contribution in [2.45, 2.75) is 0 Å². The van der Waals surface area contributed by atoms with Crippen molar-refractivity contribution in [3.8, 4) is 12.1 Å². The summed E-state index contributed by atoms with van der Waals surface area (Å²) in [7, 11) is 0. The van der Waals surface area contributed by atoms with Crippen molar-refractivity contribution >= 4 is 22.7 Å². The fourth-order valence-electron chi connectivity index (χ4n) is 1.35. The highest BCUT2D eigenvalue weighted by atomic mass is 32.1. The molecule has 14 heavy (non-hydrogen) atoms. The first-order valence-electron chi connectivity index (χ1n) is 3.81. The number of nitrogens with zero attached hydrogens (tertiary/aromatic N) is 2. The number of hydrogen-bond acceptors (Lipinski definition) is 4. The van der Waals surface area contributed by atoms with Crippen LogP contribution in [0.25, 0.3) is 11.3 Å². The summed E-state index contributed by atoms with van der Waals surface area (Å²) in [5.74, 6) is 0.132. The van der Waals surface area contributed by atoms with E-state index in [9.17, 15) is 5.11 Å². The molecule has 0 bridgehead atoms. The topological polar surface area (TPSA) is 67.8 Å². The second kappa shape index (κ2) is 3.02. The molecule has 1 heterocycles. The van der Waals surface area contributed by atoms with Crippen LogP contribution in [0.2, 0.25) is 0 Å². The van der Waals surface area contributed by atoms with Crippen molar-refractivity contribution < 1.29 is 5.11 Å². The molecular formula is C10H4N2OS. The van der Waals surface area contributed by atoms with Gasteiger partial charge in [0.2, 0.25) is 0 Å². The van der Waals surface area contributed by atoms with Gasteiger partial charge in [-0.3, -0.25) is 0 Å². The van der Waals surface area contributed by atoms with Gasteiger partial charge in [-0.05, 0) is 17.5 Å². The quantitative estimate of drug-likeness (QED) is 0.654. The molecule has 3 nitrogen and oxygen atoms in total. The smallest absolute Gasteiger partial charge is 0.137 e. The van der Waals surface area contributed by atoms with Gasteiger partial charge in [-0.2, -0.15) is 10.5 Å². The highest BCUT2D eigenvalue weighted by Crippen LogP contribution is 2.38. The summed E-state index contributed by atoms with van der Waals surface area (Å²) < 4.78 is 0. The largest absolute Gasteiger partial charge is 0.506 e. The van der Waals surface area contributed by atoms with Crippen LogP contribution in [-0.4, -0.2) is 5.11 Å². The highest BCUT2D eigenvalue weighted by molar-refractivity contribution is 7.11. The van der Waals surface area contributed by atoms with Gasteiger partial charge in [-0.25, -0.2) is 0 Å². The maximum Gasteiger partial charge on any atom is 0.137 e. The Kier molecular flexibility index (Phi) is 1.85. The molecule has 0 saturated heterocycles. The lowest BCUT2D eigenvalue weighted by Gasteiger charge is -1.92. The molecule has 2 rings (SSSR count). The van der Waals surface area contributed by atoms with Gasteiger partial charge in [-0.15, -0.1) is 11.3 Å². The molecule has 1 aromatic heterocycles. The normalized spacial score (nSPS) is 12.7. The van der Waals surface area contributed by atoms with Crippen LogP contribution in [0, 0.1) is 22.7 Å². The van der Waals surface area contributed by atoms with Gasteiger partial charge in [0.25, 0.3) is 0 Å². The zero-order valence-corrected chi connectivity index (χ0v) is 7.80. The summed E-state index contributed by atoms with van der Waals surface area (Å²) in [6.45, 7) is 0. The van der Waals surface area contributed by atoms with Crippen molar-refractivity contribution in [2.75, 3.05) is 0 Å². The predicted octanol–water partition coefficient (Wildman–Crippen LogP) is 2.46. The first kappa shape index (κ1) is 8.55. The Hall–Kier alpha value is -2.04.